The van der Waals surface area contributed by atoms with E-state index in [4.69, 9.17) is 7.85 Å². The molecule has 123 valence electrons. The van der Waals surface area contributed by atoms with Gasteiger partial charge in [0.2, 0.25) is 0 Å². The molecule has 1 atom stereocenters. The number of hydrogen-bond acceptors (Lipinski definition) is 0. The van der Waals surface area contributed by atoms with Gasteiger partial charge in [-0.15, -0.1) is 0 Å². The third kappa shape index (κ3) is 2.66. The molecule has 3 aromatic rings. The first-order valence-electron chi connectivity index (χ1n) is 9.29. The van der Waals surface area contributed by atoms with Crippen molar-refractivity contribution < 1.29 is 0 Å². The van der Waals surface area contributed by atoms with Gasteiger partial charge >= 0.3 is 0 Å². The van der Waals surface area contributed by atoms with Crippen LogP contribution in [0.4, 0.5) is 0 Å². The minimum atomic E-state index is 0.132. The topological polar surface area (TPSA) is 0 Å². The van der Waals surface area contributed by atoms with Crippen LogP contribution in [-0.4, -0.2) is 15.1 Å². The molecular weight excluding hydrogens is 322 g/mol. The van der Waals surface area contributed by atoms with Crippen molar-refractivity contribution in [2.24, 2.45) is 0 Å². The Hall–Kier alpha value is -2.91. The van der Waals surface area contributed by atoms with Gasteiger partial charge in [0, 0.05) is 11.4 Å². The summed E-state index contributed by atoms with van der Waals surface area (Å²) in [6.07, 6.45) is 4.32. The van der Waals surface area contributed by atoms with E-state index in [0.717, 1.165) is 22.2 Å². The molecule has 0 nitrogen and oxygen atoms in total. The second-order valence-corrected chi connectivity index (χ2v) is 7.46. The monoisotopic (exact) mass is 339 g/mol. The van der Waals surface area contributed by atoms with Crippen molar-refractivity contribution in [3.8, 4) is 11.8 Å². The summed E-state index contributed by atoms with van der Waals surface area (Å²) in [5, 5.41) is 2.60. The lowest BCUT2D eigenvalue weighted by atomic mass is 9.62. The quantitative estimate of drug-likeness (QED) is 0.467. The molecule has 0 bridgehead atoms. The highest BCUT2D eigenvalue weighted by molar-refractivity contribution is 6.66. The number of fused-ring (bicyclic) bond motifs is 5. The first kappa shape index (κ1) is 16.3. The van der Waals surface area contributed by atoms with Gasteiger partial charge in [-0.1, -0.05) is 88.5 Å². The summed E-state index contributed by atoms with van der Waals surface area (Å²) in [4.78, 5) is 0. The van der Waals surface area contributed by atoms with E-state index in [1.54, 1.807) is 0 Å². The molecule has 0 aromatic heterocycles. The molecule has 2 heteroatoms. The van der Waals surface area contributed by atoms with Gasteiger partial charge in [0.25, 0.3) is 0 Å². The second kappa shape index (κ2) is 6.07. The maximum Gasteiger partial charge on any atom is 0.178 e. The summed E-state index contributed by atoms with van der Waals surface area (Å²) in [5.41, 5.74) is 9.12. The van der Waals surface area contributed by atoms with Crippen molar-refractivity contribution >= 4 is 48.0 Å². The van der Waals surface area contributed by atoms with E-state index >= 15 is 0 Å². The Kier molecular flexibility index (Phi) is 3.66. The van der Waals surface area contributed by atoms with E-state index in [1.807, 2.05) is 6.07 Å². The molecule has 1 aliphatic heterocycles. The fraction of sp³-hybridized carbons (Fsp3) is 0.120. The SMILES string of the molecule is [B]c1cc(C)ccc1C1=CC=C2c3ccc4cc(C)ccc4c3[B]C2C#C1. The Bertz CT molecular complexity index is 1230. The fourth-order valence-electron chi connectivity index (χ4n) is 4.10. The summed E-state index contributed by atoms with van der Waals surface area (Å²) >= 11 is 0. The molecule has 1 heterocycles. The van der Waals surface area contributed by atoms with Crippen molar-refractivity contribution in [1.29, 1.82) is 0 Å². The van der Waals surface area contributed by atoms with E-state index in [0.29, 0.717) is 0 Å². The first-order chi connectivity index (χ1) is 13.1. The van der Waals surface area contributed by atoms with Gasteiger partial charge < -0.3 is 0 Å². The molecule has 5 rings (SSSR count). The average Bonchev–Trinajstić information content (AvgIpc) is 2.87. The van der Waals surface area contributed by atoms with E-state index in [2.05, 4.69) is 87.6 Å². The minimum Gasteiger partial charge on any atom is -0.0982 e. The van der Waals surface area contributed by atoms with Crippen LogP contribution in [0.15, 0.2) is 60.7 Å². The molecule has 27 heavy (non-hydrogen) atoms. The normalized spacial score (nSPS) is 17.0. The summed E-state index contributed by atoms with van der Waals surface area (Å²) < 4.78 is 0. The summed E-state index contributed by atoms with van der Waals surface area (Å²) in [5.74, 6) is 6.96. The van der Waals surface area contributed by atoms with Crippen molar-refractivity contribution in [1.82, 2.24) is 0 Å². The van der Waals surface area contributed by atoms with Crippen molar-refractivity contribution in [2.75, 3.05) is 0 Å². The van der Waals surface area contributed by atoms with Gasteiger partial charge in [0.15, 0.2) is 7.28 Å². The number of hydrogen-bond donors (Lipinski definition) is 0. The summed E-state index contributed by atoms with van der Waals surface area (Å²) in [6, 6.07) is 17.3. The molecule has 0 amide bonds. The lowest BCUT2D eigenvalue weighted by Crippen LogP contribution is -2.14. The van der Waals surface area contributed by atoms with E-state index in [9.17, 15) is 0 Å². The third-order valence-electron chi connectivity index (χ3n) is 5.49. The van der Waals surface area contributed by atoms with Gasteiger partial charge in [-0.2, -0.15) is 0 Å². The molecule has 0 spiro atoms. The largest absolute Gasteiger partial charge is 0.178 e. The Labute approximate surface area is 162 Å². The Morgan fingerprint density at radius 1 is 0.889 bits per heavy atom. The first-order valence-corrected chi connectivity index (χ1v) is 9.29. The van der Waals surface area contributed by atoms with Gasteiger partial charge in [-0.3, -0.25) is 0 Å². The highest BCUT2D eigenvalue weighted by atomic mass is 14.2. The van der Waals surface area contributed by atoms with Crippen LogP contribution in [0.5, 0.6) is 0 Å². The van der Waals surface area contributed by atoms with Crippen LogP contribution in [0.1, 0.15) is 22.3 Å². The Balaban J connectivity index is 1.63. The molecule has 0 saturated carbocycles. The van der Waals surface area contributed by atoms with Crippen LogP contribution in [0.25, 0.3) is 21.9 Å². The predicted octanol–water partition coefficient (Wildman–Crippen LogP) is 3.87. The van der Waals surface area contributed by atoms with Crippen LogP contribution in [0.3, 0.4) is 0 Å². The zero-order valence-electron chi connectivity index (χ0n) is 15.5. The van der Waals surface area contributed by atoms with E-state index in [1.165, 1.54) is 32.9 Å². The number of benzene rings is 3. The number of aryl methyl sites for hydroxylation is 2. The van der Waals surface area contributed by atoms with Crippen LogP contribution in [-0.2, 0) is 0 Å². The third-order valence-corrected chi connectivity index (χ3v) is 5.49. The standard InChI is InChI=1S/C25H17B2/c1-15-4-9-20-18(13-15)6-11-22-21-10-5-17(7-12-24(21)27-25(20)22)19-8-3-16(2)14-23(19)26/h3-6,8-11,13-14,24H,1-2H3. The van der Waals surface area contributed by atoms with Crippen LogP contribution >= 0.6 is 0 Å². The smallest absolute Gasteiger partial charge is 0.0982 e. The Morgan fingerprint density at radius 3 is 2.52 bits per heavy atom. The molecule has 0 N–H and O–H groups in total. The molecule has 3 aromatic carbocycles. The fourth-order valence-corrected chi connectivity index (χ4v) is 4.10. The zero-order valence-corrected chi connectivity index (χ0v) is 15.5. The molecule has 0 fully saturated rings. The van der Waals surface area contributed by atoms with Crippen molar-refractivity contribution in [3.63, 3.8) is 0 Å². The second-order valence-electron chi connectivity index (χ2n) is 7.46. The molecule has 1 aliphatic carbocycles. The van der Waals surface area contributed by atoms with Crippen molar-refractivity contribution in [3.05, 3.63) is 82.9 Å². The lowest BCUT2D eigenvalue weighted by Gasteiger charge is -2.08. The molecular formula is C25H17B2. The summed E-state index contributed by atoms with van der Waals surface area (Å²) in [6.45, 7) is 4.19. The number of allylic oxidation sites excluding steroid dienone is 4. The van der Waals surface area contributed by atoms with Crippen LogP contribution in [0, 0.1) is 25.7 Å². The van der Waals surface area contributed by atoms with Crippen LogP contribution < -0.4 is 10.9 Å². The molecule has 3 radical (unpaired) electrons. The molecule has 1 unspecified atom stereocenters. The molecule has 0 saturated heterocycles. The number of rotatable bonds is 1. The maximum atomic E-state index is 6.23. The summed E-state index contributed by atoms with van der Waals surface area (Å²) in [7, 11) is 8.54. The van der Waals surface area contributed by atoms with E-state index in [-0.39, 0.29) is 5.82 Å². The van der Waals surface area contributed by atoms with Crippen molar-refractivity contribution in [2.45, 2.75) is 19.7 Å². The Morgan fingerprint density at radius 2 is 1.67 bits per heavy atom. The van der Waals surface area contributed by atoms with Gasteiger partial charge in [0.05, 0.1) is 0 Å². The van der Waals surface area contributed by atoms with Gasteiger partial charge in [-0.05, 0) is 47.4 Å². The highest BCUT2D eigenvalue weighted by Gasteiger charge is 2.28. The zero-order chi connectivity index (χ0) is 18.5. The minimum absolute atomic E-state index is 0.132. The van der Waals surface area contributed by atoms with Gasteiger partial charge in [0.1, 0.15) is 7.85 Å². The predicted molar refractivity (Wildman–Crippen MR) is 118 cm³/mol. The average molecular weight is 339 g/mol. The highest BCUT2D eigenvalue weighted by Crippen LogP contribution is 2.36. The maximum absolute atomic E-state index is 6.23. The molecule has 2 aliphatic rings. The van der Waals surface area contributed by atoms with E-state index < -0.39 is 0 Å². The van der Waals surface area contributed by atoms with Gasteiger partial charge in [-0.25, -0.2) is 0 Å². The van der Waals surface area contributed by atoms with Crippen LogP contribution in [0.2, 0.25) is 5.82 Å². The lowest BCUT2D eigenvalue weighted by molar-refractivity contribution is 1.48.